The maximum absolute atomic E-state index is 9.45. The molecule has 3 nitrogen and oxygen atoms in total. The summed E-state index contributed by atoms with van der Waals surface area (Å²) in [4.78, 5) is 2.44. The van der Waals surface area contributed by atoms with Gasteiger partial charge in [0.2, 0.25) is 0 Å². The van der Waals surface area contributed by atoms with E-state index in [2.05, 4.69) is 0 Å². The zero-order valence-corrected chi connectivity index (χ0v) is 8.08. The van der Waals surface area contributed by atoms with E-state index in [0.717, 1.165) is 16.3 Å². The zero-order valence-electron chi connectivity index (χ0n) is 7.27. The molecule has 1 aliphatic rings. The van der Waals surface area contributed by atoms with Crippen LogP contribution in [0.4, 0.5) is 5.69 Å². The van der Waals surface area contributed by atoms with Crippen molar-refractivity contribution in [3.63, 3.8) is 0 Å². The van der Waals surface area contributed by atoms with Crippen LogP contribution in [-0.2, 0) is 0 Å². The van der Waals surface area contributed by atoms with Gasteiger partial charge in [-0.2, -0.15) is 0 Å². The summed E-state index contributed by atoms with van der Waals surface area (Å²) in [6.07, 6.45) is 0. The number of hydroxylamine groups is 2. The second-order valence-electron chi connectivity index (χ2n) is 3.06. The quantitative estimate of drug-likeness (QED) is 0.632. The van der Waals surface area contributed by atoms with Crippen molar-refractivity contribution in [3.05, 3.63) is 29.8 Å². The summed E-state index contributed by atoms with van der Waals surface area (Å²) in [6, 6.07) is 7.79. The molecule has 0 saturated heterocycles. The second-order valence-corrected chi connectivity index (χ2v) is 3.45. The van der Waals surface area contributed by atoms with Crippen molar-refractivity contribution in [1.82, 2.24) is 5.06 Å². The Labute approximate surface area is 82.1 Å². The average molecular weight is 194 g/mol. The number of hydrogen-bond acceptors (Lipinski definition) is 3. The third-order valence-corrected chi connectivity index (χ3v) is 2.56. The van der Waals surface area contributed by atoms with Crippen LogP contribution in [-0.4, -0.2) is 29.0 Å². The molecular weight excluding hydrogens is 184 g/mol. The standard InChI is InChI=1S/C9H10N2OS/c1-10-6-11(12)9(13)7-4-2-3-5-8(7)10/h2-5,12H,6H2,1H3. The lowest BCUT2D eigenvalue weighted by molar-refractivity contribution is -0.0114. The van der Waals surface area contributed by atoms with Gasteiger partial charge in [-0.3, -0.25) is 5.21 Å². The minimum Gasteiger partial charge on any atom is -0.354 e. The summed E-state index contributed by atoms with van der Waals surface area (Å²) >= 11 is 5.09. The first-order valence-corrected chi connectivity index (χ1v) is 4.42. The van der Waals surface area contributed by atoms with Crippen LogP contribution in [0.1, 0.15) is 5.56 Å². The van der Waals surface area contributed by atoms with Gasteiger partial charge in [-0.1, -0.05) is 24.4 Å². The van der Waals surface area contributed by atoms with E-state index in [1.165, 1.54) is 0 Å². The highest BCUT2D eigenvalue weighted by molar-refractivity contribution is 7.80. The molecule has 1 aromatic rings. The maximum atomic E-state index is 9.45. The molecule has 2 rings (SSSR count). The first kappa shape index (κ1) is 8.47. The molecule has 1 heterocycles. The van der Waals surface area contributed by atoms with E-state index in [9.17, 15) is 5.21 Å². The summed E-state index contributed by atoms with van der Waals surface area (Å²) in [5.41, 5.74) is 1.98. The van der Waals surface area contributed by atoms with Crippen LogP contribution in [0.2, 0.25) is 0 Å². The zero-order chi connectivity index (χ0) is 9.42. The number of benzene rings is 1. The third-order valence-electron chi connectivity index (χ3n) is 2.13. The van der Waals surface area contributed by atoms with Gasteiger partial charge < -0.3 is 4.90 Å². The van der Waals surface area contributed by atoms with Crippen LogP contribution in [0, 0.1) is 0 Å². The molecule has 0 aromatic heterocycles. The predicted molar refractivity (Wildman–Crippen MR) is 55.0 cm³/mol. The van der Waals surface area contributed by atoms with E-state index in [1.807, 2.05) is 36.2 Å². The van der Waals surface area contributed by atoms with Gasteiger partial charge in [-0.15, -0.1) is 0 Å². The van der Waals surface area contributed by atoms with Crippen molar-refractivity contribution in [2.45, 2.75) is 0 Å². The van der Waals surface area contributed by atoms with Crippen molar-refractivity contribution < 1.29 is 5.21 Å². The van der Waals surface area contributed by atoms with E-state index >= 15 is 0 Å². The minimum absolute atomic E-state index is 0.426. The molecule has 1 aromatic carbocycles. The van der Waals surface area contributed by atoms with E-state index in [1.54, 1.807) is 0 Å². The number of thiocarbonyl (C=S) groups is 1. The molecule has 4 heteroatoms. The van der Waals surface area contributed by atoms with Crippen molar-refractivity contribution >= 4 is 22.9 Å². The average Bonchev–Trinajstić information content (AvgIpc) is 2.15. The summed E-state index contributed by atoms with van der Waals surface area (Å²) in [6.45, 7) is 0.426. The van der Waals surface area contributed by atoms with Crippen molar-refractivity contribution in [2.24, 2.45) is 0 Å². The minimum atomic E-state index is 0.426. The monoisotopic (exact) mass is 194 g/mol. The van der Waals surface area contributed by atoms with Crippen molar-refractivity contribution in [1.29, 1.82) is 0 Å². The van der Waals surface area contributed by atoms with Gasteiger partial charge in [0, 0.05) is 18.3 Å². The Hall–Kier alpha value is -1.13. The Bertz CT molecular complexity index is 353. The Morgan fingerprint density at radius 2 is 2.08 bits per heavy atom. The Morgan fingerprint density at radius 3 is 2.85 bits per heavy atom. The van der Waals surface area contributed by atoms with Crippen LogP contribution < -0.4 is 4.90 Å². The lowest BCUT2D eigenvalue weighted by atomic mass is 10.1. The van der Waals surface area contributed by atoms with Gasteiger partial charge >= 0.3 is 0 Å². The molecule has 13 heavy (non-hydrogen) atoms. The molecule has 0 aliphatic carbocycles. The van der Waals surface area contributed by atoms with E-state index < -0.39 is 0 Å². The van der Waals surface area contributed by atoms with Crippen LogP contribution >= 0.6 is 12.2 Å². The molecule has 0 radical (unpaired) electrons. The van der Waals surface area contributed by atoms with Gasteiger partial charge in [0.1, 0.15) is 11.7 Å². The van der Waals surface area contributed by atoms with Crippen LogP contribution in [0.15, 0.2) is 24.3 Å². The first-order valence-electron chi connectivity index (χ1n) is 4.01. The van der Waals surface area contributed by atoms with E-state index in [4.69, 9.17) is 12.2 Å². The van der Waals surface area contributed by atoms with Crippen LogP contribution in [0.25, 0.3) is 0 Å². The highest BCUT2D eigenvalue weighted by Crippen LogP contribution is 2.25. The fourth-order valence-electron chi connectivity index (χ4n) is 1.47. The van der Waals surface area contributed by atoms with Crippen LogP contribution in [0.3, 0.4) is 0 Å². The summed E-state index contributed by atoms with van der Waals surface area (Å²) in [5.74, 6) is 0. The Morgan fingerprint density at radius 1 is 1.38 bits per heavy atom. The summed E-state index contributed by atoms with van der Waals surface area (Å²) in [7, 11) is 1.92. The normalized spacial score (nSPS) is 16.0. The third kappa shape index (κ3) is 1.28. The molecular formula is C9H10N2OS. The van der Waals surface area contributed by atoms with Gasteiger partial charge in [0.25, 0.3) is 0 Å². The lowest BCUT2D eigenvalue weighted by Gasteiger charge is -2.33. The first-order chi connectivity index (χ1) is 6.20. The summed E-state index contributed by atoms with van der Waals surface area (Å²) < 4.78 is 0. The fraction of sp³-hybridized carbons (Fsp3) is 0.222. The van der Waals surface area contributed by atoms with Gasteiger partial charge in [0.05, 0.1) is 0 Å². The molecule has 68 valence electrons. The number of fused-ring (bicyclic) bond motifs is 1. The van der Waals surface area contributed by atoms with Crippen LogP contribution in [0.5, 0.6) is 0 Å². The van der Waals surface area contributed by atoms with Crippen molar-refractivity contribution in [3.8, 4) is 0 Å². The molecule has 1 N–H and O–H groups in total. The molecule has 0 atom stereocenters. The highest BCUT2D eigenvalue weighted by atomic mass is 32.1. The fourth-order valence-corrected chi connectivity index (χ4v) is 1.70. The smallest absolute Gasteiger partial charge is 0.137 e. The second kappa shape index (κ2) is 2.97. The Balaban J connectivity index is 2.54. The highest BCUT2D eigenvalue weighted by Gasteiger charge is 2.22. The molecule has 0 spiro atoms. The lowest BCUT2D eigenvalue weighted by Crippen LogP contribution is -2.42. The maximum Gasteiger partial charge on any atom is 0.137 e. The topological polar surface area (TPSA) is 26.7 Å². The van der Waals surface area contributed by atoms with Crippen molar-refractivity contribution in [2.75, 3.05) is 18.6 Å². The molecule has 1 aliphatic heterocycles. The SMILES string of the molecule is CN1CN(O)C(=S)c2ccccc21. The largest absolute Gasteiger partial charge is 0.354 e. The number of nitrogens with zero attached hydrogens (tertiary/aromatic N) is 2. The molecule has 0 fully saturated rings. The number of para-hydroxylation sites is 1. The van der Waals surface area contributed by atoms with Gasteiger partial charge in [-0.25, -0.2) is 5.06 Å². The molecule has 0 bridgehead atoms. The van der Waals surface area contributed by atoms with E-state index in [0.29, 0.717) is 11.7 Å². The molecule has 0 unspecified atom stereocenters. The predicted octanol–water partition coefficient (Wildman–Crippen LogP) is 1.46. The van der Waals surface area contributed by atoms with Gasteiger partial charge in [0.15, 0.2) is 0 Å². The van der Waals surface area contributed by atoms with E-state index in [-0.39, 0.29) is 0 Å². The number of anilines is 1. The number of rotatable bonds is 0. The number of hydrogen-bond donors (Lipinski definition) is 1. The molecule has 0 amide bonds. The van der Waals surface area contributed by atoms with Gasteiger partial charge in [-0.05, 0) is 12.1 Å². The molecule has 0 saturated carbocycles. The Kier molecular flexibility index (Phi) is 1.94. The summed E-state index contributed by atoms with van der Waals surface area (Å²) in [5, 5.41) is 10.5.